The van der Waals surface area contributed by atoms with Gasteiger partial charge in [0.05, 0.1) is 6.42 Å². The van der Waals surface area contributed by atoms with Gasteiger partial charge >= 0.3 is 5.97 Å². The van der Waals surface area contributed by atoms with Crippen molar-refractivity contribution in [1.29, 1.82) is 0 Å². The molecule has 0 atom stereocenters. The first-order valence-corrected chi connectivity index (χ1v) is 7.64. The highest BCUT2D eigenvalue weighted by Crippen LogP contribution is 2.11. The van der Waals surface area contributed by atoms with Crippen LogP contribution in [-0.2, 0) is 4.79 Å². The number of carboxylic acid groups (broad SMARTS) is 1. The Morgan fingerprint density at radius 2 is 1.33 bits per heavy atom. The predicted molar refractivity (Wildman–Crippen MR) is 77.9 cm³/mol. The third-order valence-electron chi connectivity index (χ3n) is 3.18. The molecule has 0 aliphatic carbocycles. The minimum Gasteiger partial charge on any atom is -0.481 e. The van der Waals surface area contributed by atoms with Gasteiger partial charge in [-0.2, -0.15) is 0 Å². The Kier molecular flexibility index (Phi) is 13.6. The first-order valence-electron chi connectivity index (χ1n) is 7.64. The summed E-state index contributed by atoms with van der Waals surface area (Å²) in [5.74, 6) is -0.741. The third kappa shape index (κ3) is 15.2. The highest BCUT2D eigenvalue weighted by atomic mass is 16.4. The van der Waals surface area contributed by atoms with E-state index in [1.54, 1.807) is 6.08 Å². The summed E-state index contributed by atoms with van der Waals surface area (Å²) in [7, 11) is 0. The molecule has 0 aliphatic heterocycles. The van der Waals surface area contributed by atoms with Crippen LogP contribution < -0.4 is 0 Å². The van der Waals surface area contributed by atoms with Crippen molar-refractivity contribution in [2.75, 3.05) is 0 Å². The number of aliphatic carboxylic acids is 1. The van der Waals surface area contributed by atoms with E-state index in [9.17, 15) is 4.79 Å². The largest absolute Gasteiger partial charge is 0.481 e. The molecule has 0 unspecified atom stereocenters. The topological polar surface area (TPSA) is 37.3 Å². The second-order valence-corrected chi connectivity index (χ2v) is 5.04. The van der Waals surface area contributed by atoms with Crippen LogP contribution in [0.3, 0.4) is 0 Å². The Labute approximate surface area is 112 Å². The SMILES string of the molecule is CCCCCCCCCCCC/C=C/CC(=O)O. The molecule has 0 spiro atoms. The summed E-state index contributed by atoms with van der Waals surface area (Å²) in [5.41, 5.74) is 0. The molecule has 0 aliphatic rings. The van der Waals surface area contributed by atoms with Gasteiger partial charge in [0.25, 0.3) is 0 Å². The van der Waals surface area contributed by atoms with Gasteiger partial charge in [-0.3, -0.25) is 4.79 Å². The van der Waals surface area contributed by atoms with E-state index in [1.165, 1.54) is 64.2 Å². The van der Waals surface area contributed by atoms with Crippen LogP contribution in [0.2, 0.25) is 0 Å². The van der Waals surface area contributed by atoms with Crippen LogP contribution in [-0.4, -0.2) is 11.1 Å². The van der Waals surface area contributed by atoms with E-state index >= 15 is 0 Å². The summed E-state index contributed by atoms with van der Waals surface area (Å²) in [4.78, 5) is 10.2. The van der Waals surface area contributed by atoms with E-state index in [2.05, 4.69) is 6.92 Å². The van der Waals surface area contributed by atoms with Gasteiger partial charge < -0.3 is 5.11 Å². The highest BCUT2D eigenvalue weighted by Gasteiger charge is 1.92. The Bertz CT molecular complexity index is 209. The van der Waals surface area contributed by atoms with Gasteiger partial charge in [0.15, 0.2) is 0 Å². The van der Waals surface area contributed by atoms with Gasteiger partial charge in [0.2, 0.25) is 0 Å². The van der Waals surface area contributed by atoms with Gasteiger partial charge in [-0.1, -0.05) is 76.9 Å². The summed E-state index contributed by atoms with van der Waals surface area (Å²) < 4.78 is 0. The van der Waals surface area contributed by atoms with Crippen molar-refractivity contribution in [3.05, 3.63) is 12.2 Å². The number of unbranched alkanes of at least 4 members (excludes halogenated alkanes) is 10. The molecule has 18 heavy (non-hydrogen) atoms. The molecule has 0 fully saturated rings. The lowest BCUT2D eigenvalue weighted by Crippen LogP contribution is -1.89. The van der Waals surface area contributed by atoms with E-state index in [4.69, 9.17) is 5.11 Å². The van der Waals surface area contributed by atoms with Crippen molar-refractivity contribution in [1.82, 2.24) is 0 Å². The monoisotopic (exact) mass is 254 g/mol. The van der Waals surface area contributed by atoms with Crippen LogP contribution in [0.4, 0.5) is 0 Å². The summed E-state index contributed by atoms with van der Waals surface area (Å²) in [6, 6.07) is 0. The summed E-state index contributed by atoms with van der Waals surface area (Å²) >= 11 is 0. The van der Waals surface area contributed by atoms with Crippen LogP contribution in [0.25, 0.3) is 0 Å². The average molecular weight is 254 g/mol. The molecule has 0 heterocycles. The second-order valence-electron chi connectivity index (χ2n) is 5.04. The van der Waals surface area contributed by atoms with E-state index < -0.39 is 5.97 Å². The first-order chi connectivity index (χ1) is 8.77. The van der Waals surface area contributed by atoms with Crippen LogP contribution in [0.1, 0.15) is 84.0 Å². The molecule has 0 aromatic heterocycles. The molecule has 0 amide bonds. The maximum Gasteiger partial charge on any atom is 0.307 e. The zero-order chi connectivity index (χ0) is 13.5. The molecule has 2 nitrogen and oxygen atoms in total. The normalized spacial score (nSPS) is 11.2. The van der Waals surface area contributed by atoms with Gasteiger partial charge in [0.1, 0.15) is 0 Å². The van der Waals surface area contributed by atoms with Crippen molar-refractivity contribution >= 4 is 5.97 Å². The van der Waals surface area contributed by atoms with Crippen LogP contribution in [0, 0.1) is 0 Å². The molecule has 0 rings (SSSR count). The minimum atomic E-state index is -0.741. The van der Waals surface area contributed by atoms with E-state index in [0.717, 1.165) is 6.42 Å². The molecular weight excluding hydrogens is 224 g/mol. The third-order valence-corrected chi connectivity index (χ3v) is 3.18. The van der Waals surface area contributed by atoms with E-state index in [-0.39, 0.29) is 6.42 Å². The molecule has 0 aromatic rings. The smallest absolute Gasteiger partial charge is 0.307 e. The molecule has 0 saturated heterocycles. The maximum absolute atomic E-state index is 10.2. The Morgan fingerprint density at radius 1 is 0.833 bits per heavy atom. The maximum atomic E-state index is 10.2. The number of carboxylic acids is 1. The number of hydrogen-bond acceptors (Lipinski definition) is 1. The molecule has 0 radical (unpaired) electrons. The van der Waals surface area contributed by atoms with Crippen molar-refractivity contribution in [3.8, 4) is 0 Å². The molecule has 0 saturated carbocycles. The molecule has 1 N–H and O–H groups in total. The highest BCUT2D eigenvalue weighted by molar-refractivity contribution is 5.68. The fourth-order valence-corrected chi connectivity index (χ4v) is 2.05. The van der Waals surface area contributed by atoms with Crippen molar-refractivity contribution in [2.24, 2.45) is 0 Å². The number of carbonyl (C=O) groups is 1. The van der Waals surface area contributed by atoms with E-state index in [1.807, 2.05) is 6.08 Å². The first kappa shape index (κ1) is 17.2. The fourth-order valence-electron chi connectivity index (χ4n) is 2.05. The number of allylic oxidation sites excluding steroid dienone is 1. The summed E-state index contributed by atoms with van der Waals surface area (Å²) in [6.07, 6.45) is 18.5. The molecule has 0 bridgehead atoms. The lowest BCUT2D eigenvalue weighted by atomic mass is 10.1. The zero-order valence-electron chi connectivity index (χ0n) is 12.0. The van der Waals surface area contributed by atoms with Gasteiger partial charge in [-0.25, -0.2) is 0 Å². The van der Waals surface area contributed by atoms with Crippen LogP contribution >= 0.6 is 0 Å². The lowest BCUT2D eigenvalue weighted by molar-refractivity contribution is -0.136. The quantitative estimate of drug-likeness (QED) is 0.356. The summed E-state index contributed by atoms with van der Waals surface area (Å²) in [5, 5.41) is 8.44. The Morgan fingerprint density at radius 3 is 1.83 bits per heavy atom. The average Bonchev–Trinajstić information content (AvgIpc) is 2.34. The van der Waals surface area contributed by atoms with Crippen molar-refractivity contribution in [3.63, 3.8) is 0 Å². The molecule has 106 valence electrons. The number of rotatable bonds is 13. The summed E-state index contributed by atoms with van der Waals surface area (Å²) in [6.45, 7) is 2.25. The number of hydrogen-bond donors (Lipinski definition) is 1. The fraction of sp³-hybridized carbons (Fsp3) is 0.812. The lowest BCUT2D eigenvalue weighted by Gasteiger charge is -2.01. The van der Waals surface area contributed by atoms with Gasteiger partial charge in [0, 0.05) is 0 Å². The molecule has 0 aromatic carbocycles. The van der Waals surface area contributed by atoms with Gasteiger partial charge in [-0.15, -0.1) is 0 Å². The Balaban J connectivity index is 3.03. The van der Waals surface area contributed by atoms with Gasteiger partial charge in [-0.05, 0) is 12.8 Å². The van der Waals surface area contributed by atoms with Crippen molar-refractivity contribution < 1.29 is 9.90 Å². The van der Waals surface area contributed by atoms with Crippen molar-refractivity contribution in [2.45, 2.75) is 84.0 Å². The molecular formula is C16H30O2. The minimum absolute atomic E-state index is 0.164. The zero-order valence-corrected chi connectivity index (χ0v) is 12.0. The second kappa shape index (κ2) is 14.3. The molecule has 2 heteroatoms. The predicted octanol–water partition coefficient (Wildman–Crippen LogP) is 5.33. The van der Waals surface area contributed by atoms with E-state index in [0.29, 0.717) is 0 Å². The standard InChI is InChI=1S/C16H30O2/c1-2-3-4-5-6-7-8-9-10-11-12-13-14-15-16(17)18/h13-14H,2-12,15H2,1H3,(H,17,18)/b14-13+. The van der Waals surface area contributed by atoms with Crippen LogP contribution in [0.5, 0.6) is 0 Å². The Hall–Kier alpha value is -0.790. The van der Waals surface area contributed by atoms with Crippen LogP contribution in [0.15, 0.2) is 12.2 Å².